The highest BCUT2D eigenvalue weighted by molar-refractivity contribution is 7.09. The van der Waals surface area contributed by atoms with Crippen molar-refractivity contribution in [3.63, 3.8) is 0 Å². The molecule has 0 unspecified atom stereocenters. The normalized spacial score (nSPS) is 9.71. The average molecular weight is 209 g/mol. The Bertz CT molecular complexity index is 333. The smallest absolute Gasteiger partial charge is 0.202 e. The number of aromatic nitrogens is 2. The molecule has 14 heavy (non-hydrogen) atoms. The van der Waals surface area contributed by atoms with Crippen LogP contribution in [0.3, 0.4) is 0 Å². The van der Waals surface area contributed by atoms with Crippen LogP contribution >= 0.6 is 11.5 Å². The molecule has 0 aliphatic heterocycles. The van der Waals surface area contributed by atoms with E-state index in [2.05, 4.69) is 40.4 Å². The van der Waals surface area contributed by atoms with Gasteiger partial charge in [0.2, 0.25) is 5.13 Å². The Labute approximate surface area is 89.1 Å². The molecule has 0 aliphatic carbocycles. The SMILES string of the molecule is CC#CCCNc1nc(C(C)C)ns1. The van der Waals surface area contributed by atoms with Crippen molar-refractivity contribution < 1.29 is 0 Å². The molecule has 0 spiro atoms. The standard InChI is InChI=1S/C10H15N3S/c1-4-5-6-7-11-10-12-9(8(2)3)13-14-10/h8H,6-7H2,1-3H3,(H,11,12,13). The Morgan fingerprint density at radius 3 is 2.86 bits per heavy atom. The van der Waals surface area contributed by atoms with Crippen molar-refractivity contribution >= 4 is 16.7 Å². The zero-order valence-corrected chi connectivity index (χ0v) is 9.61. The minimum atomic E-state index is 0.400. The third-order valence-electron chi connectivity index (χ3n) is 1.66. The van der Waals surface area contributed by atoms with Gasteiger partial charge in [-0.05, 0) is 6.92 Å². The summed E-state index contributed by atoms with van der Waals surface area (Å²) in [6, 6.07) is 0. The van der Waals surface area contributed by atoms with Gasteiger partial charge in [0, 0.05) is 30.4 Å². The largest absolute Gasteiger partial charge is 0.359 e. The number of nitrogens with zero attached hydrogens (tertiary/aromatic N) is 2. The summed E-state index contributed by atoms with van der Waals surface area (Å²) in [6.07, 6.45) is 0.854. The van der Waals surface area contributed by atoms with Gasteiger partial charge in [0.1, 0.15) is 5.82 Å². The number of hydrogen-bond acceptors (Lipinski definition) is 4. The molecule has 1 rings (SSSR count). The fraction of sp³-hybridized carbons (Fsp3) is 0.600. The molecule has 0 saturated heterocycles. The number of nitrogens with one attached hydrogen (secondary N) is 1. The van der Waals surface area contributed by atoms with Crippen molar-refractivity contribution in [1.29, 1.82) is 0 Å². The molecule has 1 N–H and O–H groups in total. The molecule has 1 aromatic heterocycles. The van der Waals surface area contributed by atoms with Crippen LogP contribution in [0.5, 0.6) is 0 Å². The molecule has 76 valence electrons. The van der Waals surface area contributed by atoms with Crippen molar-refractivity contribution in [2.75, 3.05) is 11.9 Å². The van der Waals surface area contributed by atoms with E-state index in [4.69, 9.17) is 0 Å². The highest BCUT2D eigenvalue weighted by Gasteiger charge is 2.06. The first-order valence-electron chi connectivity index (χ1n) is 4.71. The molecule has 0 saturated carbocycles. The van der Waals surface area contributed by atoms with Crippen molar-refractivity contribution in [1.82, 2.24) is 9.36 Å². The lowest BCUT2D eigenvalue weighted by Crippen LogP contribution is -2.00. The van der Waals surface area contributed by atoms with Gasteiger partial charge in [0.15, 0.2) is 0 Å². The summed E-state index contributed by atoms with van der Waals surface area (Å²) < 4.78 is 4.25. The predicted molar refractivity (Wildman–Crippen MR) is 60.6 cm³/mol. The van der Waals surface area contributed by atoms with E-state index >= 15 is 0 Å². The second kappa shape index (κ2) is 5.61. The molecule has 0 radical (unpaired) electrons. The zero-order chi connectivity index (χ0) is 10.4. The predicted octanol–water partition coefficient (Wildman–Crippen LogP) is 2.49. The van der Waals surface area contributed by atoms with Crippen LogP contribution in [-0.2, 0) is 0 Å². The lowest BCUT2D eigenvalue weighted by molar-refractivity contribution is 0.799. The number of hydrogen-bond donors (Lipinski definition) is 1. The monoisotopic (exact) mass is 209 g/mol. The van der Waals surface area contributed by atoms with Crippen LogP contribution in [0.4, 0.5) is 5.13 Å². The van der Waals surface area contributed by atoms with Gasteiger partial charge in [-0.1, -0.05) is 13.8 Å². The van der Waals surface area contributed by atoms with E-state index in [0.29, 0.717) is 5.92 Å². The second-order valence-corrected chi connectivity index (χ2v) is 3.97. The molecule has 1 heterocycles. The van der Waals surface area contributed by atoms with Crippen LogP contribution in [0.2, 0.25) is 0 Å². The van der Waals surface area contributed by atoms with Crippen LogP contribution in [0.15, 0.2) is 0 Å². The van der Waals surface area contributed by atoms with Crippen molar-refractivity contribution in [3.8, 4) is 11.8 Å². The van der Waals surface area contributed by atoms with E-state index < -0.39 is 0 Å². The summed E-state index contributed by atoms with van der Waals surface area (Å²) in [7, 11) is 0. The van der Waals surface area contributed by atoms with Gasteiger partial charge in [-0.15, -0.1) is 11.8 Å². The molecular formula is C10H15N3S. The van der Waals surface area contributed by atoms with Gasteiger partial charge in [0.25, 0.3) is 0 Å². The topological polar surface area (TPSA) is 37.8 Å². The van der Waals surface area contributed by atoms with Crippen LogP contribution in [0, 0.1) is 11.8 Å². The highest BCUT2D eigenvalue weighted by atomic mass is 32.1. The first-order chi connectivity index (χ1) is 6.74. The molecule has 0 fully saturated rings. The summed E-state index contributed by atoms with van der Waals surface area (Å²) in [5, 5.41) is 4.09. The van der Waals surface area contributed by atoms with E-state index in [9.17, 15) is 0 Å². The average Bonchev–Trinajstić information content (AvgIpc) is 2.61. The minimum Gasteiger partial charge on any atom is -0.359 e. The summed E-state index contributed by atoms with van der Waals surface area (Å²) in [5.41, 5.74) is 0. The van der Waals surface area contributed by atoms with Crippen molar-refractivity contribution in [2.24, 2.45) is 0 Å². The fourth-order valence-electron chi connectivity index (χ4n) is 0.898. The summed E-state index contributed by atoms with van der Waals surface area (Å²) in [4.78, 5) is 4.36. The van der Waals surface area contributed by atoms with Crippen molar-refractivity contribution in [2.45, 2.75) is 33.1 Å². The quantitative estimate of drug-likeness (QED) is 0.611. The first-order valence-corrected chi connectivity index (χ1v) is 5.48. The Balaban J connectivity index is 2.38. The van der Waals surface area contributed by atoms with E-state index in [1.165, 1.54) is 11.5 Å². The molecule has 4 heteroatoms. The molecule has 0 bridgehead atoms. The third kappa shape index (κ3) is 3.35. The van der Waals surface area contributed by atoms with E-state index in [1.807, 2.05) is 6.92 Å². The van der Waals surface area contributed by atoms with Crippen molar-refractivity contribution in [3.05, 3.63) is 5.82 Å². The summed E-state index contributed by atoms with van der Waals surface area (Å²) in [6.45, 7) is 6.87. The fourth-order valence-corrected chi connectivity index (χ4v) is 1.63. The zero-order valence-electron chi connectivity index (χ0n) is 8.79. The maximum atomic E-state index is 4.36. The Morgan fingerprint density at radius 2 is 2.29 bits per heavy atom. The van der Waals surface area contributed by atoms with Gasteiger partial charge in [0.05, 0.1) is 0 Å². The van der Waals surface area contributed by atoms with Crippen LogP contribution in [0.25, 0.3) is 0 Å². The summed E-state index contributed by atoms with van der Waals surface area (Å²) in [5.74, 6) is 7.16. The van der Waals surface area contributed by atoms with Gasteiger partial charge < -0.3 is 5.32 Å². The van der Waals surface area contributed by atoms with Crippen LogP contribution in [-0.4, -0.2) is 15.9 Å². The van der Waals surface area contributed by atoms with Gasteiger partial charge >= 0.3 is 0 Å². The number of rotatable bonds is 4. The Morgan fingerprint density at radius 1 is 1.50 bits per heavy atom. The first kappa shape index (κ1) is 11.0. The maximum absolute atomic E-state index is 4.36. The van der Waals surface area contributed by atoms with E-state index in [1.54, 1.807) is 0 Å². The molecule has 0 aliphatic rings. The highest BCUT2D eigenvalue weighted by Crippen LogP contribution is 2.16. The molecule has 0 aromatic carbocycles. The lowest BCUT2D eigenvalue weighted by Gasteiger charge is -1.97. The van der Waals surface area contributed by atoms with Crippen LogP contribution < -0.4 is 5.32 Å². The Hall–Kier alpha value is -1.08. The molecular weight excluding hydrogens is 194 g/mol. The van der Waals surface area contributed by atoms with Crippen LogP contribution in [0.1, 0.15) is 38.9 Å². The van der Waals surface area contributed by atoms with Gasteiger partial charge in [-0.3, -0.25) is 0 Å². The molecule has 1 aromatic rings. The maximum Gasteiger partial charge on any atom is 0.202 e. The molecule has 3 nitrogen and oxygen atoms in total. The Kier molecular flexibility index (Phi) is 4.41. The van der Waals surface area contributed by atoms with Gasteiger partial charge in [-0.2, -0.15) is 4.37 Å². The molecule has 0 atom stereocenters. The van der Waals surface area contributed by atoms with Gasteiger partial charge in [-0.25, -0.2) is 4.98 Å². The number of anilines is 1. The minimum absolute atomic E-state index is 0.400. The summed E-state index contributed by atoms with van der Waals surface area (Å²) >= 11 is 1.42. The third-order valence-corrected chi connectivity index (χ3v) is 2.35. The lowest BCUT2D eigenvalue weighted by atomic mass is 10.2. The van der Waals surface area contributed by atoms with E-state index in [0.717, 1.165) is 23.9 Å². The molecule has 0 amide bonds. The van der Waals surface area contributed by atoms with E-state index in [-0.39, 0.29) is 0 Å². The second-order valence-electron chi connectivity index (χ2n) is 3.22.